The highest BCUT2D eigenvalue weighted by atomic mass is 32.1. The van der Waals surface area contributed by atoms with Crippen LogP contribution in [-0.2, 0) is 0 Å². The minimum Gasteiger partial charge on any atom is -0.497 e. The fraction of sp³-hybridized carbons (Fsp3) is 0.235. The molecule has 1 aliphatic carbocycles. The van der Waals surface area contributed by atoms with Gasteiger partial charge in [-0.1, -0.05) is 17.4 Å². The van der Waals surface area contributed by atoms with Crippen LogP contribution < -0.4 is 15.8 Å². The third kappa shape index (κ3) is 3.03. The minimum absolute atomic E-state index is 0.526. The molecule has 1 saturated carbocycles. The van der Waals surface area contributed by atoms with Gasteiger partial charge in [0.2, 0.25) is 5.95 Å². The lowest BCUT2D eigenvalue weighted by atomic mass is 10.2. The van der Waals surface area contributed by atoms with Crippen molar-refractivity contribution in [3.8, 4) is 16.3 Å². The van der Waals surface area contributed by atoms with Gasteiger partial charge in [0.1, 0.15) is 5.75 Å². The molecule has 0 unspecified atom stereocenters. The van der Waals surface area contributed by atoms with Gasteiger partial charge < -0.3 is 15.8 Å². The van der Waals surface area contributed by atoms with Gasteiger partial charge in [0, 0.05) is 23.9 Å². The molecule has 0 spiro atoms. The standard InChI is InChI=1S/C17H17N5OS/c1-23-12-4-2-3-11(9-12)20-17-19-8-7-13(21-17)15-14(10-5-6-10)22-16(18)24-15/h2-4,7-10H,5-6H2,1H3,(H2,18,22)(H,19,20,21). The zero-order valence-electron chi connectivity index (χ0n) is 13.2. The van der Waals surface area contributed by atoms with E-state index < -0.39 is 0 Å². The van der Waals surface area contributed by atoms with Crippen LogP contribution in [0.1, 0.15) is 24.5 Å². The molecule has 0 amide bonds. The number of hydrogen-bond donors (Lipinski definition) is 2. The Hall–Kier alpha value is -2.67. The number of nitrogens with zero attached hydrogens (tertiary/aromatic N) is 3. The zero-order chi connectivity index (χ0) is 16.5. The molecule has 3 aromatic rings. The van der Waals surface area contributed by atoms with Crippen molar-refractivity contribution in [3.05, 3.63) is 42.2 Å². The van der Waals surface area contributed by atoms with Crippen LogP contribution in [0.3, 0.4) is 0 Å². The lowest BCUT2D eigenvalue weighted by molar-refractivity contribution is 0.415. The number of ether oxygens (including phenoxy) is 1. The van der Waals surface area contributed by atoms with Crippen LogP contribution in [0.2, 0.25) is 0 Å². The summed E-state index contributed by atoms with van der Waals surface area (Å²) in [6.45, 7) is 0. The molecule has 0 saturated heterocycles. The van der Waals surface area contributed by atoms with Crippen molar-refractivity contribution in [2.45, 2.75) is 18.8 Å². The van der Waals surface area contributed by atoms with E-state index in [0.29, 0.717) is 17.0 Å². The Morgan fingerprint density at radius 3 is 2.92 bits per heavy atom. The monoisotopic (exact) mass is 339 g/mol. The van der Waals surface area contributed by atoms with Gasteiger partial charge in [-0.05, 0) is 31.0 Å². The lowest BCUT2D eigenvalue weighted by Crippen LogP contribution is -1.98. The van der Waals surface area contributed by atoms with Crippen molar-refractivity contribution in [3.63, 3.8) is 0 Å². The second kappa shape index (κ2) is 6.09. The summed E-state index contributed by atoms with van der Waals surface area (Å²) in [5.74, 6) is 1.84. The van der Waals surface area contributed by atoms with Gasteiger partial charge in [0.15, 0.2) is 5.13 Å². The maximum Gasteiger partial charge on any atom is 0.227 e. The third-order valence-corrected chi connectivity index (χ3v) is 4.77. The molecule has 4 rings (SSSR count). The number of aromatic nitrogens is 3. The van der Waals surface area contributed by atoms with E-state index in [1.54, 1.807) is 13.3 Å². The number of nitrogens with two attached hydrogens (primary N) is 1. The summed E-state index contributed by atoms with van der Waals surface area (Å²) in [4.78, 5) is 14.5. The van der Waals surface area contributed by atoms with Crippen molar-refractivity contribution >= 4 is 28.1 Å². The van der Waals surface area contributed by atoms with Crippen LogP contribution in [0, 0.1) is 0 Å². The van der Waals surface area contributed by atoms with Crippen LogP contribution in [0.4, 0.5) is 16.8 Å². The molecule has 0 aliphatic heterocycles. The Balaban J connectivity index is 1.64. The van der Waals surface area contributed by atoms with Crippen LogP contribution in [0.15, 0.2) is 36.5 Å². The summed E-state index contributed by atoms with van der Waals surface area (Å²) in [6, 6.07) is 9.55. The number of anilines is 3. The van der Waals surface area contributed by atoms with Gasteiger partial charge in [-0.3, -0.25) is 0 Å². The molecule has 24 heavy (non-hydrogen) atoms. The molecule has 1 aromatic carbocycles. The van der Waals surface area contributed by atoms with E-state index in [1.165, 1.54) is 24.2 Å². The first-order valence-electron chi connectivity index (χ1n) is 7.73. The van der Waals surface area contributed by atoms with E-state index in [2.05, 4.69) is 20.3 Å². The molecule has 6 nitrogen and oxygen atoms in total. The first kappa shape index (κ1) is 14.9. The summed E-state index contributed by atoms with van der Waals surface area (Å²) >= 11 is 1.49. The third-order valence-electron chi connectivity index (χ3n) is 3.85. The largest absolute Gasteiger partial charge is 0.497 e. The summed E-state index contributed by atoms with van der Waals surface area (Å²) in [5, 5.41) is 3.80. The number of hydrogen-bond acceptors (Lipinski definition) is 7. The minimum atomic E-state index is 0.526. The van der Waals surface area contributed by atoms with E-state index in [4.69, 9.17) is 10.5 Å². The fourth-order valence-electron chi connectivity index (χ4n) is 2.54. The Kier molecular flexibility index (Phi) is 3.78. The molecule has 0 radical (unpaired) electrons. The van der Waals surface area contributed by atoms with E-state index >= 15 is 0 Å². The quantitative estimate of drug-likeness (QED) is 0.735. The summed E-state index contributed by atoms with van der Waals surface area (Å²) in [6.07, 6.45) is 4.10. The Bertz CT molecular complexity index is 875. The van der Waals surface area contributed by atoms with Gasteiger partial charge in [-0.2, -0.15) is 0 Å². The fourth-order valence-corrected chi connectivity index (χ4v) is 3.43. The van der Waals surface area contributed by atoms with Crippen LogP contribution in [0.25, 0.3) is 10.6 Å². The smallest absolute Gasteiger partial charge is 0.227 e. The topological polar surface area (TPSA) is 86.0 Å². The van der Waals surface area contributed by atoms with Gasteiger partial charge in [0.05, 0.1) is 23.4 Å². The summed E-state index contributed by atoms with van der Waals surface area (Å²) < 4.78 is 5.24. The van der Waals surface area contributed by atoms with Gasteiger partial charge in [0.25, 0.3) is 0 Å². The predicted octanol–water partition coefficient (Wildman–Crippen LogP) is 3.81. The molecule has 0 atom stereocenters. The number of nitrogen functional groups attached to an aromatic ring is 1. The van der Waals surface area contributed by atoms with Crippen molar-refractivity contribution in [2.75, 3.05) is 18.2 Å². The molecule has 0 bridgehead atoms. The molecule has 1 fully saturated rings. The highest BCUT2D eigenvalue weighted by molar-refractivity contribution is 7.18. The van der Waals surface area contributed by atoms with Gasteiger partial charge in [-0.15, -0.1) is 0 Å². The van der Waals surface area contributed by atoms with Crippen LogP contribution in [0.5, 0.6) is 5.75 Å². The van der Waals surface area contributed by atoms with E-state index in [0.717, 1.165) is 27.7 Å². The van der Waals surface area contributed by atoms with Crippen molar-refractivity contribution < 1.29 is 4.74 Å². The number of nitrogens with one attached hydrogen (secondary N) is 1. The average molecular weight is 339 g/mol. The molecule has 2 heterocycles. The number of thiazole rings is 1. The van der Waals surface area contributed by atoms with E-state index in [1.807, 2.05) is 30.3 Å². The maximum atomic E-state index is 5.91. The predicted molar refractivity (Wildman–Crippen MR) is 95.8 cm³/mol. The van der Waals surface area contributed by atoms with Crippen molar-refractivity contribution in [1.29, 1.82) is 0 Å². The van der Waals surface area contributed by atoms with Gasteiger partial charge in [-0.25, -0.2) is 15.0 Å². The highest BCUT2D eigenvalue weighted by Gasteiger charge is 2.30. The Morgan fingerprint density at radius 2 is 2.12 bits per heavy atom. The summed E-state index contributed by atoms with van der Waals surface area (Å²) in [7, 11) is 1.64. The van der Waals surface area contributed by atoms with Crippen LogP contribution in [-0.4, -0.2) is 22.1 Å². The normalized spacial score (nSPS) is 13.7. The number of methoxy groups -OCH3 is 1. The second-order valence-corrected chi connectivity index (χ2v) is 6.69. The molecule has 7 heteroatoms. The highest BCUT2D eigenvalue weighted by Crippen LogP contribution is 2.46. The van der Waals surface area contributed by atoms with E-state index in [9.17, 15) is 0 Å². The average Bonchev–Trinajstić information content (AvgIpc) is 3.37. The first-order chi connectivity index (χ1) is 11.7. The maximum absolute atomic E-state index is 5.91. The number of rotatable bonds is 5. The Morgan fingerprint density at radius 1 is 1.25 bits per heavy atom. The molecular formula is C17H17N5OS. The van der Waals surface area contributed by atoms with E-state index in [-0.39, 0.29) is 0 Å². The SMILES string of the molecule is COc1cccc(Nc2nccc(-c3sc(N)nc3C3CC3)n2)c1. The van der Waals surface area contributed by atoms with Gasteiger partial charge >= 0.3 is 0 Å². The number of benzene rings is 1. The van der Waals surface area contributed by atoms with Crippen molar-refractivity contribution in [1.82, 2.24) is 15.0 Å². The first-order valence-corrected chi connectivity index (χ1v) is 8.55. The second-order valence-electron chi connectivity index (χ2n) is 5.66. The van der Waals surface area contributed by atoms with Crippen LogP contribution >= 0.6 is 11.3 Å². The van der Waals surface area contributed by atoms with Crippen molar-refractivity contribution in [2.24, 2.45) is 0 Å². The lowest BCUT2D eigenvalue weighted by Gasteiger charge is -2.08. The molecule has 122 valence electrons. The molecule has 3 N–H and O–H groups in total. The molecule has 1 aliphatic rings. The molecular weight excluding hydrogens is 322 g/mol. The summed E-state index contributed by atoms with van der Waals surface area (Å²) in [5.41, 5.74) is 8.71. The zero-order valence-corrected chi connectivity index (χ0v) is 14.0. The Labute approximate surface area is 143 Å². The molecule has 2 aromatic heterocycles.